The van der Waals surface area contributed by atoms with E-state index in [4.69, 9.17) is 4.98 Å². The second-order valence-corrected chi connectivity index (χ2v) is 10.8. The Hall–Kier alpha value is -4.49. The van der Waals surface area contributed by atoms with Crippen LogP contribution in [-0.4, -0.2) is 81.9 Å². The molecule has 41 heavy (non-hydrogen) atoms. The van der Waals surface area contributed by atoms with Crippen molar-refractivity contribution in [3.05, 3.63) is 108 Å². The van der Waals surface area contributed by atoms with Crippen molar-refractivity contribution in [3.8, 4) is 28.3 Å². The normalized spacial score (nSPS) is 16.5. The molecule has 208 valence electrons. The average molecular weight is 547 g/mol. The van der Waals surface area contributed by atoms with Crippen LogP contribution in [0, 0.1) is 0 Å². The number of amides is 2. The number of benzene rings is 3. The maximum Gasteiger partial charge on any atom is 0.254 e. The number of aromatic hydroxyl groups is 1. The van der Waals surface area contributed by atoms with Crippen molar-refractivity contribution in [1.82, 2.24) is 19.7 Å². The predicted molar refractivity (Wildman–Crippen MR) is 160 cm³/mol. The number of nitrogens with zero attached hydrogens (tertiary/aromatic N) is 4. The Balaban J connectivity index is 1.10. The maximum absolute atomic E-state index is 13.7. The van der Waals surface area contributed by atoms with E-state index in [1.165, 1.54) is 6.07 Å². The molecule has 2 amide bonds. The first-order valence-electron chi connectivity index (χ1n) is 14.3. The summed E-state index contributed by atoms with van der Waals surface area (Å²) in [5.41, 5.74) is 4.74. The first-order valence-corrected chi connectivity index (χ1v) is 14.3. The molecule has 1 N–H and O–H groups in total. The Labute approximate surface area is 240 Å². The van der Waals surface area contributed by atoms with Gasteiger partial charge in [0.25, 0.3) is 11.8 Å². The third-order valence-corrected chi connectivity index (χ3v) is 8.17. The summed E-state index contributed by atoms with van der Waals surface area (Å²) in [6, 6.07) is 30.8. The molecule has 0 radical (unpaired) electrons. The van der Waals surface area contributed by atoms with Crippen molar-refractivity contribution in [2.24, 2.45) is 0 Å². The molecule has 0 atom stereocenters. The number of carbonyl (C=O) groups is 2. The molecule has 2 fully saturated rings. The molecule has 7 nitrogen and oxygen atoms in total. The SMILES string of the molecule is O=C(c1cccc(O)c1)N1CCC(N2CCN(C(=O)c3cc(-c4ccccc4)nc(-c4ccccc4)c3)CC2)CC1. The van der Waals surface area contributed by atoms with Crippen molar-refractivity contribution in [1.29, 1.82) is 0 Å². The van der Waals surface area contributed by atoms with Crippen molar-refractivity contribution in [2.45, 2.75) is 18.9 Å². The molecule has 2 aliphatic heterocycles. The summed E-state index contributed by atoms with van der Waals surface area (Å²) in [4.78, 5) is 37.8. The van der Waals surface area contributed by atoms with Gasteiger partial charge in [0.15, 0.2) is 0 Å². The Bertz CT molecular complexity index is 1450. The minimum Gasteiger partial charge on any atom is -0.508 e. The number of carbonyl (C=O) groups excluding carboxylic acids is 2. The number of pyridine rings is 1. The highest BCUT2D eigenvalue weighted by Gasteiger charge is 2.31. The summed E-state index contributed by atoms with van der Waals surface area (Å²) in [7, 11) is 0. The Kier molecular flexibility index (Phi) is 7.78. The van der Waals surface area contributed by atoms with Crippen molar-refractivity contribution < 1.29 is 14.7 Å². The molecule has 0 spiro atoms. The third kappa shape index (κ3) is 6.00. The number of phenols is 1. The van der Waals surface area contributed by atoms with E-state index in [0.29, 0.717) is 43.3 Å². The van der Waals surface area contributed by atoms with Crippen LogP contribution in [0.4, 0.5) is 0 Å². The summed E-state index contributed by atoms with van der Waals surface area (Å²) < 4.78 is 0. The van der Waals surface area contributed by atoms with Crippen LogP contribution in [0.2, 0.25) is 0 Å². The lowest BCUT2D eigenvalue weighted by molar-refractivity contribution is 0.0412. The smallest absolute Gasteiger partial charge is 0.254 e. The predicted octanol–water partition coefficient (Wildman–Crippen LogP) is 5.18. The van der Waals surface area contributed by atoms with E-state index < -0.39 is 0 Å². The van der Waals surface area contributed by atoms with E-state index >= 15 is 0 Å². The first-order chi connectivity index (χ1) is 20.0. The fourth-order valence-corrected chi connectivity index (χ4v) is 5.90. The molecule has 3 aromatic carbocycles. The minimum atomic E-state index is -0.0307. The second kappa shape index (κ2) is 11.9. The molecule has 3 heterocycles. The lowest BCUT2D eigenvalue weighted by atomic mass is 10.0. The molecular formula is C34H34N4O3. The zero-order chi connectivity index (χ0) is 28.2. The highest BCUT2D eigenvalue weighted by molar-refractivity contribution is 5.96. The third-order valence-electron chi connectivity index (χ3n) is 8.17. The Morgan fingerprint density at radius 1 is 0.610 bits per heavy atom. The molecule has 1 aromatic heterocycles. The average Bonchev–Trinajstić information content (AvgIpc) is 3.05. The highest BCUT2D eigenvalue weighted by Crippen LogP contribution is 2.27. The summed E-state index contributed by atoms with van der Waals surface area (Å²) in [6.07, 6.45) is 1.81. The molecule has 2 saturated heterocycles. The van der Waals surface area contributed by atoms with Crippen LogP contribution in [0.1, 0.15) is 33.6 Å². The van der Waals surface area contributed by atoms with E-state index in [-0.39, 0.29) is 17.6 Å². The number of phenolic OH excluding ortho intramolecular Hbond substituents is 1. The van der Waals surface area contributed by atoms with Gasteiger partial charge in [-0.15, -0.1) is 0 Å². The molecule has 6 rings (SSSR count). The zero-order valence-electron chi connectivity index (χ0n) is 23.0. The van der Waals surface area contributed by atoms with Gasteiger partial charge < -0.3 is 14.9 Å². The molecule has 0 unspecified atom stereocenters. The number of piperazine rings is 1. The number of hydrogen-bond acceptors (Lipinski definition) is 5. The van der Waals surface area contributed by atoms with Gasteiger partial charge in [-0.2, -0.15) is 0 Å². The van der Waals surface area contributed by atoms with Crippen LogP contribution >= 0.6 is 0 Å². The molecule has 2 aliphatic rings. The van der Waals surface area contributed by atoms with E-state index in [1.807, 2.05) is 82.6 Å². The van der Waals surface area contributed by atoms with Crippen LogP contribution in [-0.2, 0) is 0 Å². The van der Waals surface area contributed by atoms with Gasteiger partial charge in [-0.3, -0.25) is 14.5 Å². The number of rotatable bonds is 5. The fraction of sp³-hybridized carbons (Fsp3) is 0.265. The maximum atomic E-state index is 13.7. The Morgan fingerprint density at radius 2 is 1.15 bits per heavy atom. The van der Waals surface area contributed by atoms with E-state index in [2.05, 4.69) is 4.90 Å². The largest absolute Gasteiger partial charge is 0.508 e. The molecule has 7 heteroatoms. The minimum absolute atomic E-state index is 0.0307. The Morgan fingerprint density at radius 3 is 1.71 bits per heavy atom. The molecule has 0 bridgehead atoms. The lowest BCUT2D eigenvalue weighted by Crippen LogP contribution is -2.54. The zero-order valence-corrected chi connectivity index (χ0v) is 23.0. The topological polar surface area (TPSA) is 77.0 Å². The molecular weight excluding hydrogens is 512 g/mol. The lowest BCUT2D eigenvalue weighted by Gasteiger charge is -2.42. The van der Waals surface area contributed by atoms with E-state index in [1.54, 1.807) is 18.2 Å². The summed E-state index contributed by atoms with van der Waals surface area (Å²) >= 11 is 0. The quantitative estimate of drug-likeness (QED) is 0.373. The van der Waals surface area contributed by atoms with Gasteiger partial charge in [-0.1, -0.05) is 66.7 Å². The van der Waals surface area contributed by atoms with Gasteiger partial charge in [0.05, 0.1) is 11.4 Å². The molecule has 0 aliphatic carbocycles. The van der Waals surface area contributed by atoms with Gasteiger partial charge in [-0.25, -0.2) is 4.98 Å². The monoisotopic (exact) mass is 546 g/mol. The van der Waals surface area contributed by atoms with Crippen LogP contribution < -0.4 is 0 Å². The number of likely N-dealkylation sites (tertiary alicyclic amines) is 1. The van der Waals surface area contributed by atoms with Crippen LogP contribution in [0.15, 0.2) is 97.1 Å². The molecule has 0 saturated carbocycles. The summed E-state index contributed by atoms with van der Waals surface area (Å²) in [6.45, 7) is 4.37. The van der Waals surface area contributed by atoms with Crippen molar-refractivity contribution in [3.63, 3.8) is 0 Å². The van der Waals surface area contributed by atoms with Crippen molar-refractivity contribution in [2.75, 3.05) is 39.3 Å². The van der Waals surface area contributed by atoms with Crippen LogP contribution in [0.25, 0.3) is 22.5 Å². The summed E-state index contributed by atoms with van der Waals surface area (Å²) in [5.74, 6) is 0.113. The standard InChI is InChI=1S/C34H34N4O3/c39-30-13-7-12-27(22-30)33(40)37-16-14-29(15-17-37)36-18-20-38(21-19-36)34(41)28-23-31(25-8-3-1-4-9-25)35-32(24-28)26-10-5-2-6-11-26/h1-13,22-24,29,39H,14-21H2. The number of piperidine rings is 1. The summed E-state index contributed by atoms with van der Waals surface area (Å²) in [5, 5.41) is 9.73. The van der Waals surface area contributed by atoms with Gasteiger partial charge in [0.2, 0.25) is 0 Å². The van der Waals surface area contributed by atoms with Crippen molar-refractivity contribution >= 4 is 11.8 Å². The van der Waals surface area contributed by atoms with Gasteiger partial charge in [0, 0.05) is 67.6 Å². The second-order valence-electron chi connectivity index (χ2n) is 10.8. The van der Waals surface area contributed by atoms with Crippen LogP contribution in [0.3, 0.4) is 0 Å². The fourth-order valence-electron chi connectivity index (χ4n) is 5.90. The van der Waals surface area contributed by atoms with Gasteiger partial charge >= 0.3 is 0 Å². The number of aromatic nitrogens is 1. The number of hydrogen-bond donors (Lipinski definition) is 1. The molecule has 4 aromatic rings. The highest BCUT2D eigenvalue weighted by atomic mass is 16.3. The van der Waals surface area contributed by atoms with E-state index in [0.717, 1.165) is 48.4 Å². The van der Waals surface area contributed by atoms with Crippen LogP contribution in [0.5, 0.6) is 5.75 Å². The first kappa shape index (κ1) is 26.7. The van der Waals surface area contributed by atoms with E-state index in [9.17, 15) is 14.7 Å². The van der Waals surface area contributed by atoms with Gasteiger partial charge in [-0.05, 0) is 43.2 Å². The van der Waals surface area contributed by atoms with Gasteiger partial charge in [0.1, 0.15) is 5.75 Å².